The van der Waals surface area contributed by atoms with Crippen LogP contribution in [0.5, 0.6) is 5.75 Å². The Balaban J connectivity index is 1.88. The van der Waals surface area contributed by atoms with Gasteiger partial charge < -0.3 is 10.5 Å². The number of anilines is 1. The van der Waals surface area contributed by atoms with Gasteiger partial charge in [-0.2, -0.15) is 0 Å². The van der Waals surface area contributed by atoms with Gasteiger partial charge in [-0.25, -0.2) is 4.98 Å². The fourth-order valence-electron chi connectivity index (χ4n) is 1.85. The molecule has 0 aliphatic carbocycles. The lowest BCUT2D eigenvalue weighted by atomic mass is 10.3. The summed E-state index contributed by atoms with van der Waals surface area (Å²) in [5.74, 6) is 0.735. The molecule has 102 valence electrons. The third kappa shape index (κ3) is 2.73. The summed E-state index contributed by atoms with van der Waals surface area (Å²) >= 11 is 3.33. The number of benzene rings is 2. The fourth-order valence-corrected chi connectivity index (χ4v) is 3.92. The standard InChI is InChI=1S/C15H14N2OS2/c1-2-18-13-9-10(7-8-11(13)16)19-15-17-12-5-3-4-6-14(12)20-15/h3-9H,2,16H2,1H3. The highest BCUT2D eigenvalue weighted by Gasteiger charge is 2.07. The van der Waals surface area contributed by atoms with E-state index in [9.17, 15) is 0 Å². The molecule has 0 bridgehead atoms. The lowest BCUT2D eigenvalue weighted by Crippen LogP contribution is -1.96. The van der Waals surface area contributed by atoms with Crippen LogP contribution in [0.4, 0.5) is 5.69 Å². The van der Waals surface area contributed by atoms with Crippen LogP contribution in [-0.2, 0) is 0 Å². The van der Waals surface area contributed by atoms with Crippen molar-refractivity contribution >= 4 is 39.0 Å². The van der Waals surface area contributed by atoms with E-state index in [0.717, 1.165) is 20.5 Å². The van der Waals surface area contributed by atoms with Crippen molar-refractivity contribution in [3.63, 3.8) is 0 Å². The molecule has 2 N–H and O–H groups in total. The zero-order chi connectivity index (χ0) is 13.9. The average Bonchev–Trinajstić information content (AvgIpc) is 2.85. The third-order valence-corrected chi connectivity index (χ3v) is 4.85. The highest BCUT2D eigenvalue weighted by molar-refractivity contribution is 8.01. The molecule has 0 saturated carbocycles. The monoisotopic (exact) mass is 302 g/mol. The number of rotatable bonds is 4. The van der Waals surface area contributed by atoms with Gasteiger partial charge in [-0.3, -0.25) is 0 Å². The van der Waals surface area contributed by atoms with E-state index in [4.69, 9.17) is 10.5 Å². The molecule has 1 aromatic heterocycles. The minimum Gasteiger partial charge on any atom is -0.492 e. The summed E-state index contributed by atoms with van der Waals surface area (Å²) in [6.45, 7) is 2.56. The number of aromatic nitrogens is 1. The number of hydrogen-bond acceptors (Lipinski definition) is 5. The summed E-state index contributed by atoms with van der Waals surface area (Å²) in [6, 6.07) is 14.0. The van der Waals surface area contributed by atoms with E-state index in [-0.39, 0.29) is 0 Å². The first-order valence-electron chi connectivity index (χ1n) is 6.32. The molecule has 3 aromatic rings. The topological polar surface area (TPSA) is 48.1 Å². The van der Waals surface area contributed by atoms with Crippen molar-refractivity contribution in [2.24, 2.45) is 0 Å². The summed E-state index contributed by atoms with van der Waals surface area (Å²) in [5.41, 5.74) is 7.59. The van der Waals surface area contributed by atoms with Crippen LogP contribution < -0.4 is 10.5 Å². The van der Waals surface area contributed by atoms with Crippen molar-refractivity contribution in [2.75, 3.05) is 12.3 Å². The molecule has 0 amide bonds. The molecule has 0 fully saturated rings. The lowest BCUT2D eigenvalue weighted by Gasteiger charge is -2.07. The number of hydrogen-bond donors (Lipinski definition) is 1. The van der Waals surface area contributed by atoms with Gasteiger partial charge in [-0.15, -0.1) is 11.3 Å². The van der Waals surface area contributed by atoms with E-state index < -0.39 is 0 Å². The lowest BCUT2D eigenvalue weighted by molar-refractivity contribution is 0.341. The molecule has 2 aromatic carbocycles. The number of fused-ring (bicyclic) bond motifs is 1. The Morgan fingerprint density at radius 3 is 2.90 bits per heavy atom. The normalized spacial score (nSPS) is 10.8. The molecule has 0 spiro atoms. The summed E-state index contributed by atoms with van der Waals surface area (Å²) in [7, 11) is 0. The predicted molar refractivity (Wildman–Crippen MR) is 85.8 cm³/mol. The van der Waals surface area contributed by atoms with Crippen LogP contribution in [0, 0.1) is 0 Å². The second-order valence-electron chi connectivity index (χ2n) is 4.18. The molecular formula is C15H14N2OS2. The zero-order valence-electron chi connectivity index (χ0n) is 11.0. The van der Waals surface area contributed by atoms with Crippen LogP contribution in [0.3, 0.4) is 0 Å². The SMILES string of the molecule is CCOc1cc(Sc2nc3ccccc3s2)ccc1N. The van der Waals surface area contributed by atoms with Crippen LogP contribution in [0.1, 0.15) is 6.92 Å². The number of thiazole rings is 1. The Labute approximate surface area is 125 Å². The molecule has 0 aliphatic heterocycles. The molecule has 0 saturated heterocycles. The first-order chi connectivity index (χ1) is 9.76. The molecule has 3 nitrogen and oxygen atoms in total. The number of ether oxygens (including phenoxy) is 1. The van der Waals surface area contributed by atoms with Crippen LogP contribution in [0.2, 0.25) is 0 Å². The van der Waals surface area contributed by atoms with Crippen molar-refractivity contribution < 1.29 is 4.74 Å². The predicted octanol–water partition coefficient (Wildman–Crippen LogP) is 4.43. The Morgan fingerprint density at radius 2 is 2.10 bits per heavy atom. The van der Waals surface area contributed by atoms with E-state index in [1.54, 1.807) is 23.1 Å². The van der Waals surface area contributed by atoms with Gasteiger partial charge in [0.15, 0.2) is 4.34 Å². The van der Waals surface area contributed by atoms with E-state index in [1.165, 1.54) is 4.70 Å². The maximum atomic E-state index is 5.88. The second-order valence-corrected chi connectivity index (χ2v) is 6.53. The largest absolute Gasteiger partial charge is 0.492 e. The molecule has 0 radical (unpaired) electrons. The molecular weight excluding hydrogens is 288 g/mol. The maximum absolute atomic E-state index is 5.88. The van der Waals surface area contributed by atoms with E-state index in [1.807, 2.05) is 43.3 Å². The summed E-state index contributed by atoms with van der Waals surface area (Å²) in [6.07, 6.45) is 0. The minimum atomic E-state index is 0.611. The summed E-state index contributed by atoms with van der Waals surface area (Å²) in [5, 5.41) is 0. The average molecular weight is 302 g/mol. The van der Waals surface area contributed by atoms with Gasteiger partial charge in [0.05, 0.1) is 22.5 Å². The summed E-state index contributed by atoms with van der Waals surface area (Å²) < 4.78 is 7.75. The quantitative estimate of drug-likeness (QED) is 0.724. The minimum absolute atomic E-state index is 0.611. The number of nitrogen functional groups attached to an aromatic ring is 1. The zero-order valence-corrected chi connectivity index (χ0v) is 12.6. The van der Waals surface area contributed by atoms with Gasteiger partial charge in [0.1, 0.15) is 5.75 Å². The van der Waals surface area contributed by atoms with Crippen LogP contribution >= 0.6 is 23.1 Å². The van der Waals surface area contributed by atoms with E-state index >= 15 is 0 Å². The van der Waals surface area contributed by atoms with Crippen molar-refractivity contribution in [3.8, 4) is 5.75 Å². The van der Waals surface area contributed by atoms with Crippen LogP contribution in [0.15, 0.2) is 51.7 Å². The highest BCUT2D eigenvalue weighted by Crippen LogP contribution is 2.36. The van der Waals surface area contributed by atoms with Crippen LogP contribution in [-0.4, -0.2) is 11.6 Å². The Kier molecular flexibility index (Phi) is 3.80. The second kappa shape index (κ2) is 5.73. The number of nitrogens with zero attached hydrogens (tertiary/aromatic N) is 1. The highest BCUT2D eigenvalue weighted by atomic mass is 32.2. The van der Waals surface area contributed by atoms with Gasteiger partial charge in [-0.1, -0.05) is 23.9 Å². The number of para-hydroxylation sites is 1. The molecule has 20 heavy (non-hydrogen) atoms. The third-order valence-electron chi connectivity index (χ3n) is 2.76. The van der Waals surface area contributed by atoms with Gasteiger partial charge in [0.2, 0.25) is 0 Å². The Bertz CT molecular complexity index is 707. The molecule has 5 heteroatoms. The van der Waals surface area contributed by atoms with Crippen molar-refractivity contribution in [3.05, 3.63) is 42.5 Å². The van der Waals surface area contributed by atoms with Gasteiger partial charge in [0, 0.05) is 4.90 Å². The van der Waals surface area contributed by atoms with Gasteiger partial charge in [0.25, 0.3) is 0 Å². The Hall–Kier alpha value is -1.72. The van der Waals surface area contributed by atoms with Crippen LogP contribution in [0.25, 0.3) is 10.2 Å². The molecule has 0 unspecified atom stereocenters. The summed E-state index contributed by atoms with van der Waals surface area (Å²) in [4.78, 5) is 5.70. The molecule has 3 rings (SSSR count). The first-order valence-corrected chi connectivity index (χ1v) is 7.95. The van der Waals surface area contributed by atoms with Gasteiger partial charge in [-0.05, 0) is 37.3 Å². The molecule has 1 heterocycles. The van der Waals surface area contributed by atoms with Crippen molar-refractivity contribution in [1.82, 2.24) is 4.98 Å². The Morgan fingerprint density at radius 1 is 1.25 bits per heavy atom. The fraction of sp³-hybridized carbons (Fsp3) is 0.133. The van der Waals surface area contributed by atoms with E-state index in [2.05, 4.69) is 11.1 Å². The smallest absolute Gasteiger partial charge is 0.155 e. The number of nitrogens with two attached hydrogens (primary N) is 1. The molecule has 0 aliphatic rings. The van der Waals surface area contributed by atoms with Gasteiger partial charge >= 0.3 is 0 Å². The maximum Gasteiger partial charge on any atom is 0.155 e. The van der Waals surface area contributed by atoms with Crippen molar-refractivity contribution in [1.29, 1.82) is 0 Å². The first kappa shape index (κ1) is 13.3. The van der Waals surface area contributed by atoms with E-state index in [0.29, 0.717) is 12.3 Å². The molecule has 0 atom stereocenters. The van der Waals surface area contributed by atoms with Crippen molar-refractivity contribution in [2.45, 2.75) is 16.2 Å².